The average molecular weight is 379 g/mol. The number of hydrogen-bond donors (Lipinski definition) is 1. The van der Waals surface area contributed by atoms with E-state index in [0.29, 0.717) is 11.5 Å². The minimum absolute atomic E-state index is 0.414. The molecule has 1 N–H and O–H groups in total. The third-order valence-corrected chi connectivity index (χ3v) is 6.92. The quantitative estimate of drug-likeness (QED) is 0.602. The summed E-state index contributed by atoms with van der Waals surface area (Å²) >= 11 is 11.6. The van der Waals surface area contributed by atoms with Gasteiger partial charge in [0.2, 0.25) is 0 Å². The molecule has 0 amide bonds. The van der Waals surface area contributed by atoms with Crippen molar-refractivity contribution >= 4 is 38.9 Å². The van der Waals surface area contributed by atoms with Crippen LogP contribution in [0.3, 0.4) is 0 Å². The van der Waals surface area contributed by atoms with Gasteiger partial charge in [0, 0.05) is 10.9 Å². The van der Waals surface area contributed by atoms with Crippen LogP contribution in [-0.4, -0.2) is 6.54 Å². The van der Waals surface area contributed by atoms with Crippen LogP contribution in [-0.2, 0) is 0 Å². The molecule has 20 heavy (non-hydrogen) atoms. The van der Waals surface area contributed by atoms with Gasteiger partial charge in [-0.1, -0.05) is 45.2 Å². The van der Waals surface area contributed by atoms with Gasteiger partial charge in [-0.3, -0.25) is 0 Å². The van der Waals surface area contributed by atoms with E-state index in [1.54, 1.807) is 11.3 Å². The topological polar surface area (TPSA) is 12.0 Å². The Morgan fingerprint density at radius 2 is 2.05 bits per heavy atom. The fourth-order valence-electron chi connectivity index (χ4n) is 3.83. The molecular weight excluding hydrogens is 354 g/mol. The van der Waals surface area contributed by atoms with Gasteiger partial charge in [0.1, 0.15) is 0 Å². The zero-order chi connectivity index (χ0) is 14.8. The number of rotatable bonds is 6. The standard InChI is InChI=1S/C16H25BrClNS/c1-4-19-14(13-9-12(18)15(17)20-13)16(10-11(2)3)7-5-6-8-16/h9,11,14,19H,4-8,10H2,1-3H3. The van der Waals surface area contributed by atoms with Crippen molar-refractivity contribution in [3.05, 3.63) is 19.8 Å². The first-order valence-electron chi connectivity index (χ1n) is 7.66. The van der Waals surface area contributed by atoms with Crippen LogP contribution in [0.15, 0.2) is 9.85 Å². The molecule has 0 bridgehead atoms. The molecular formula is C16H25BrClNS. The second-order valence-corrected chi connectivity index (χ2v) is 9.24. The summed E-state index contributed by atoms with van der Waals surface area (Å²) in [6, 6.07) is 2.61. The summed E-state index contributed by atoms with van der Waals surface area (Å²) in [6.07, 6.45) is 6.73. The SMILES string of the molecule is CCNC(c1cc(Cl)c(Br)s1)C1(CC(C)C)CCCC1. The van der Waals surface area contributed by atoms with Gasteiger partial charge in [-0.15, -0.1) is 11.3 Å². The first kappa shape index (κ1) is 16.8. The van der Waals surface area contributed by atoms with Gasteiger partial charge >= 0.3 is 0 Å². The molecule has 0 aliphatic heterocycles. The van der Waals surface area contributed by atoms with Gasteiger partial charge in [0.05, 0.1) is 8.81 Å². The molecule has 1 aromatic heterocycles. The molecule has 0 aromatic carbocycles. The molecule has 0 saturated heterocycles. The van der Waals surface area contributed by atoms with Crippen LogP contribution in [0.4, 0.5) is 0 Å². The summed E-state index contributed by atoms with van der Waals surface area (Å²) in [5.41, 5.74) is 0.414. The van der Waals surface area contributed by atoms with Gasteiger partial charge in [-0.2, -0.15) is 0 Å². The molecule has 0 radical (unpaired) electrons. The Balaban J connectivity index is 2.33. The Labute approximate surface area is 140 Å². The highest BCUT2D eigenvalue weighted by atomic mass is 79.9. The van der Waals surface area contributed by atoms with Crippen molar-refractivity contribution in [2.45, 2.75) is 58.9 Å². The fourth-order valence-corrected chi connectivity index (χ4v) is 5.80. The van der Waals surface area contributed by atoms with E-state index in [4.69, 9.17) is 11.6 Å². The first-order chi connectivity index (χ1) is 9.48. The van der Waals surface area contributed by atoms with Crippen LogP contribution in [0.5, 0.6) is 0 Å². The largest absolute Gasteiger partial charge is 0.309 e. The monoisotopic (exact) mass is 377 g/mol. The summed E-state index contributed by atoms with van der Waals surface area (Å²) < 4.78 is 1.06. The number of nitrogens with one attached hydrogen (secondary N) is 1. The predicted molar refractivity (Wildman–Crippen MR) is 93.8 cm³/mol. The van der Waals surface area contributed by atoms with E-state index in [0.717, 1.165) is 21.3 Å². The molecule has 0 spiro atoms. The zero-order valence-corrected chi connectivity index (χ0v) is 15.8. The van der Waals surface area contributed by atoms with E-state index in [2.05, 4.69) is 48.1 Å². The van der Waals surface area contributed by atoms with Gasteiger partial charge in [0.15, 0.2) is 0 Å². The van der Waals surface area contributed by atoms with Crippen molar-refractivity contribution < 1.29 is 0 Å². The molecule has 1 saturated carbocycles. The van der Waals surface area contributed by atoms with E-state index in [9.17, 15) is 0 Å². The van der Waals surface area contributed by atoms with Crippen LogP contribution < -0.4 is 5.32 Å². The Morgan fingerprint density at radius 1 is 1.40 bits per heavy atom. The highest BCUT2D eigenvalue weighted by Gasteiger charge is 2.42. The van der Waals surface area contributed by atoms with Crippen molar-refractivity contribution in [2.24, 2.45) is 11.3 Å². The molecule has 1 aliphatic rings. The summed E-state index contributed by atoms with van der Waals surface area (Å²) in [5.74, 6) is 0.744. The van der Waals surface area contributed by atoms with E-state index in [1.165, 1.54) is 37.0 Å². The van der Waals surface area contributed by atoms with Crippen molar-refractivity contribution in [3.63, 3.8) is 0 Å². The van der Waals surface area contributed by atoms with E-state index >= 15 is 0 Å². The second kappa shape index (κ2) is 7.13. The van der Waals surface area contributed by atoms with Crippen molar-refractivity contribution in [1.29, 1.82) is 0 Å². The number of halogens is 2. The summed E-state index contributed by atoms with van der Waals surface area (Å²) in [7, 11) is 0. The summed E-state index contributed by atoms with van der Waals surface area (Å²) in [5, 5.41) is 4.61. The molecule has 1 fully saturated rings. The van der Waals surface area contributed by atoms with Crippen LogP contribution >= 0.6 is 38.9 Å². The normalized spacial score (nSPS) is 19.7. The Morgan fingerprint density at radius 3 is 2.50 bits per heavy atom. The van der Waals surface area contributed by atoms with Gasteiger partial charge in [-0.25, -0.2) is 0 Å². The highest BCUT2D eigenvalue weighted by Crippen LogP contribution is 2.53. The molecule has 114 valence electrons. The van der Waals surface area contributed by atoms with E-state index < -0.39 is 0 Å². The predicted octanol–water partition coefficient (Wildman–Crippen LogP) is 6.42. The van der Waals surface area contributed by atoms with E-state index in [1.807, 2.05) is 0 Å². The molecule has 1 heterocycles. The molecule has 1 nitrogen and oxygen atoms in total. The van der Waals surface area contributed by atoms with Crippen LogP contribution in [0, 0.1) is 11.3 Å². The average Bonchev–Trinajstić information content (AvgIpc) is 2.95. The van der Waals surface area contributed by atoms with Crippen LogP contribution in [0.2, 0.25) is 5.02 Å². The summed E-state index contributed by atoms with van der Waals surface area (Å²) in [4.78, 5) is 1.39. The molecule has 1 atom stereocenters. The van der Waals surface area contributed by atoms with Crippen molar-refractivity contribution in [2.75, 3.05) is 6.54 Å². The fraction of sp³-hybridized carbons (Fsp3) is 0.750. The second-order valence-electron chi connectivity index (χ2n) is 6.43. The lowest BCUT2D eigenvalue weighted by Gasteiger charge is -2.39. The molecule has 1 aliphatic carbocycles. The maximum atomic E-state index is 6.27. The van der Waals surface area contributed by atoms with Gasteiger partial charge in [-0.05, 0) is 59.1 Å². The Hall–Kier alpha value is 0.430. The lowest BCUT2D eigenvalue weighted by molar-refractivity contribution is 0.159. The lowest BCUT2D eigenvalue weighted by Crippen LogP contribution is -2.37. The van der Waals surface area contributed by atoms with Crippen LogP contribution in [0.25, 0.3) is 0 Å². The zero-order valence-electron chi connectivity index (χ0n) is 12.6. The summed E-state index contributed by atoms with van der Waals surface area (Å²) in [6.45, 7) is 7.91. The highest BCUT2D eigenvalue weighted by molar-refractivity contribution is 9.11. The van der Waals surface area contributed by atoms with Gasteiger partial charge in [0.25, 0.3) is 0 Å². The lowest BCUT2D eigenvalue weighted by atomic mass is 9.72. The third-order valence-electron chi connectivity index (χ3n) is 4.38. The maximum Gasteiger partial charge on any atom is 0.0888 e. The molecule has 1 aromatic rings. The van der Waals surface area contributed by atoms with E-state index in [-0.39, 0.29) is 0 Å². The van der Waals surface area contributed by atoms with Crippen molar-refractivity contribution in [3.8, 4) is 0 Å². The van der Waals surface area contributed by atoms with Gasteiger partial charge < -0.3 is 5.32 Å². The smallest absolute Gasteiger partial charge is 0.0888 e. The first-order valence-corrected chi connectivity index (χ1v) is 9.65. The minimum atomic E-state index is 0.414. The minimum Gasteiger partial charge on any atom is -0.309 e. The maximum absolute atomic E-state index is 6.27. The molecule has 1 unspecified atom stereocenters. The van der Waals surface area contributed by atoms with Crippen molar-refractivity contribution in [1.82, 2.24) is 5.32 Å². The number of hydrogen-bond acceptors (Lipinski definition) is 2. The molecule has 2 rings (SSSR count). The Kier molecular flexibility index (Phi) is 5.98. The van der Waals surface area contributed by atoms with Crippen LogP contribution in [0.1, 0.15) is 63.8 Å². The Bertz CT molecular complexity index is 418. The molecule has 4 heteroatoms. The number of thiophene rings is 1. The third kappa shape index (κ3) is 3.60.